The molecule has 33 heavy (non-hydrogen) atoms. The van der Waals surface area contributed by atoms with Gasteiger partial charge in [-0.25, -0.2) is 9.97 Å². The number of para-hydroxylation sites is 1. The summed E-state index contributed by atoms with van der Waals surface area (Å²) in [4.78, 5) is 19.9. The minimum Gasteiger partial charge on any atom is -0.481 e. The van der Waals surface area contributed by atoms with Gasteiger partial charge in [0.1, 0.15) is 10.8 Å². The molecule has 3 N–H and O–H groups in total. The molecular formula is C26H28N4O2S. The molecule has 0 bridgehead atoms. The second-order valence-corrected chi connectivity index (χ2v) is 9.38. The Morgan fingerprint density at radius 2 is 1.85 bits per heavy atom. The molecule has 0 radical (unpaired) electrons. The van der Waals surface area contributed by atoms with Crippen molar-refractivity contribution < 1.29 is 9.90 Å². The van der Waals surface area contributed by atoms with Gasteiger partial charge in [-0.2, -0.15) is 0 Å². The lowest BCUT2D eigenvalue weighted by Crippen LogP contribution is -2.19. The van der Waals surface area contributed by atoms with Crippen LogP contribution in [0.3, 0.4) is 0 Å². The number of anilines is 1. The van der Waals surface area contributed by atoms with Crippen molar-refractivity contribution in [3.8, 4) is 10.6 Å². The highest BCUT2D eigenvalue weighted by atomic mass is 32.1. The Kier molecular flexibility index (Phi) is 7.32. The maximum atomic E-state index is 10.6. The number of carboxylic acid groups (broad SMARTS) is 1. The molecule has 0 aliphatic carbocycles. The zero-order chi connectivity index (χ0) is 23.2. The van der Waals surface area contributed by atoms with E-state index in [0.717, 1.165) is 27.5 Å². The third kappa shape index (κ3) is 5.94. The molecule has 0 fully saturated rings. The molecular weight excluding hydrogens is 432 g/mol. The molecule has 2 heterocycles. The minimum absolute atomic E-state index is 0.112. The third-order valence-electron chi connectivity index (χ3n) is 5.45. The normalized spacial score (nSPS) is 12.2. The minimum atomic E-state index is -0.798. The van der Waals surface area contributed by atoms with Gasteiger partial charge >= 0.3 is 5.97 Å². The second-order valence-electron chi connectivity index (χ2n) is 8.35. The van der Waals surface area contributed by atoms with Crippen molar-refractivity contribution >= 4 is 33.3 Å². The van der Waals surface area contributed by atoms with Crippen LogP contribution in [0.2, 0.25) is 0 Å². The predicted molar refractivity (Wildman–Crippen MR) is 134 cm³/mol. The van der Waals surface area contributed by atoms with E-state index in [4.69, 9.17) is 10.1 Å². The number of rotatable bonds is 10. The Bertz CT molecular complexity index is 1170. The van der Waals surface area contributed by atoms with Crippen LogP contribution >= 0.6 is 11.3 Å². The van der Waals surface area contributed by atoms with Gasteiger partial charge in [-0.15, -0.1) is 11.3 Å². The van der Waals surface area contributed by atoms with Crippen molar-refractivity contribution in [3.63, 3.8) is 0 Å². The van der Waals surface area contributed by atoms with Crippen LogP contribution in [-0.2, 0) is 11.3 Å². The van der Waals surface area contributed by atoms with Crippen molar-refractivity contribution in [2.24, 2.45) is 5.92 Å². The van der Waals surface area contributed by atoms with E-state index in [2.05, 4.69) is 59.8 Å². The van der Waals surface area contributed by atoms with E-state index in [-0.39, 0.29) is 12.5 Å². The first-order valence-corrected chi connectivity index (χ1v) is 11.9. The highest BCUT2D eigenvalue weighted by Crippen LogP contribution is 2.32. The summed E-state index contributed by atoms with van der Waals surface area (Å²) < 4.78 is 1.20. The van der Waals surface area contributed by atoms with Crippen molar-refractivity contribution in [1.82, 2.24) is 15.3 Å². The molecule has 0 spiro atoms. The quantitative estimate of drug-likeness (QED) is 0.262. The van der Waals surface area contributed by atoms with E-state index in [1.165, 1.54) is 10.3 Å². The molecule has 170 valence electrons. The zero-order valence-corrected chi connectivity index (χ0v) is 19.6. The Hall–Kier alpha value is -3.29. The molecule has 4 aromatic rings. The molecule has 4 rings (SSSR count). The summed E-state index contributed by atoms with van der Waals surface area (Å²) in [6, 6.07) is 20.9. The molecule has 0 saturated heterocycles. The number of aromatic nitrogens is 2. The van der Waals surface area contributed by atoms with Crippen LogP contribution in [-0.4, -0.2) is 27.6 Å². The Morgan fingerprint density at radius 3 is 2.52 bits per heavy atom. The molecule has 0 saturated carbocycles. The Balaban J connectivity index is 1.42. The fourth-order valence-corrected chi connectivity index (χ4v) is 4.64. The summed E-state index contributed by atoms with van der Waals surface area (Å²) in [5, 5.41) is 16.4. The molecule has 2 aromatic carbocycles. The molecule has 1 atom stereocenters. The fourth-order valence-electron chi connectivity index (χ4n) is 3.67. The van der Waals surface area contributed by atoms with E-state index in [1.807, 2.05) is 36.5 Å². The average molecular weight is 461 g/mol. The maximum Gasteiger partial charge on any atom is 0.304 e. The lowest BCUT2D eigenvalue weighted by molar-refractivity contribution is -0.136. The number of carbonyl (C=O) groups is 1. The zero-order valence-electron chi connectivity index (χ0n) is 18.8. The molecule has 0 aliphatic heterocycles. The Morgan fingerprint density at radius 1 is 1.06 bits per heavy atom. The first kappa shape index (κ1) is 22.9. The summed E-state index contributed by atoms with van der Waals surface area (Å²) in [7, 11) is 0. The number of nitrogens with one attached hydrogen (secondary N) is 2. The van der Waals surface area contributed by atoms with Gasteiger partial charge in [0.15, 0.2) is 0 Å². The van der Waals surface area contributed by atoms with Gasteiger partial charge in [-0.3, -0.25) is 4.79 Å². The second kappa shape index (κ2) is 10.6. The van der Waals surface area contributed by atoms with E-state index in [9.17, 15) is 4.79 Å². The molecule has 2 aromatic heterocycles. The molecule has 0 unspecified atom stereocenters. The summed E-state index contributed by atoms with van der Waals surface area (Å²) in [5.74, 6) is 0.392. The van der Waals surface area contributed by atoms with Crippen LogP contribution in [0.5, 0.6) is 0 Å². The predicted octanol–water partition coefficient (Wildman–Crippen LogP) is 5.73. The Labute approximate surface area is 197 Å². The molecule has 0 aliphatic rings. The number of thiazole rings is 1. The number of hydrogen-bond donors (Lipinski definition) is 3. The molecule has 7 heteroatoms. The van der Waals surface area contributed by atoms with Crippen molar-refractivity contribution in [3.05, 3.63) is 78.0 Å². The van der Waals surface area contributed by atoms with Crippen molar-refractivity contribution in [1.29, 1.82) is 0 Å². The van der Waals surface area contributed by atoms with Gasteiger partial charge in [0.05, 0.1) is 22.7 Å². The highest BCUT2D eigenvalue weighted by molar-refractivity contribution is 7.21. The van der Waals surface area contributed by atoms with Crippen LogP contribution in [0.15, 0.2) is 66.9 Å². The van der Waals surface area contributed by atoms with Crippen LogP contribution in [0.25, 0.3) is 20.8 Å². The van der Waals surface area contributed by atoms with Crippen molar-refractivity contribution in [2.45, 2.75) is 32.9 Å². The van der Waals surface area contributed by atoms with E-state index >= 15 is 0 Å². The summed E-state index contributed by atoms with van der Waals surface area (Å²) in [5.41, 5.74) is 4.39. The number of fused-ring (bicyclic) bond motifs is 1. The number of nitrogens with zero attached hydrogens (tertiary/aromatic N) is 2. The largest absolute Gasteiger partial charge is 0.481 e. The van der Waals surface area contributed by atoms with Crippen LogP contribution in [0.4, 0.5) is 5.82 Å². The van der Waals surface area contributed by atoms with E-state index in [0.29, 0.717) is 19.0 Å². The SMILES string of the molecule is CC(C)[C@H](Nc1ccc(CNCCC(=O)O)cn1)c1ccc(-c2nc3ccccc3s2)cc1. The maximum absolute atomic E-state index is 10.6. The molecule has 6 nitrogen and oxygen atoms in total. The lowest BCUT2D eigenvalue weighted by atomic mass is 9.95. The van der Waals surface area contributed by atoms with Crippen LogP contribution in [0, 0.1) is 5.92 Å². The topological polar surface area (TPSA) is 87.1 Å². The van der Waals surface area contributed by atoms with Gasteiger partial charge in [-0.05, 0) is 35.2 Å². The fraction of sp³-hybridized carbons (Fsp3) is 0.269. The first-order valence-electron chi connectivity index (χ1n) is 11.1. The first-order chi connectivity index (χ1) is 16.0. The lowest BCUT2D eigenvalue weighted by Gasteiger charge is -2.24. The van der Waals surface area contributed by atoms with Crippen molar-refractivity contribution in [2.75, 3.05) is 11.9 Å². The third-order valence-corrected chi connectivity index (χ3v) is 6.54. The van der Waals surface area contributed by atoms with Gasteiger partial charge in [0.2, 0.25) is 0 Å². The number of hydrogen-bond acceptors (Lipinski definition) is 6. The van der Waals surface area contributed by atoms with Crippen LogP contribution in [0.1, 0.15) is 37.4 Å². The summed E-state index contributed by atoms with van der Waals surface area (Å²) in [6.45, 7) is 5.43. The number of carboxylic acids is 1. The van der Waals surface area contributed by atoms with Gasteiger partial charge in [-0.1, -0.05) is 56.3 Å². The van der Waals surface area contributed by atoms with E-state index < -0.39 is 5.97 Å². The standard InChI is InChI=1S/C26H28N4O2S/c1-17(2)25(30-23-12-7-18(16-28-23)15-27-14-13-24(31)32)19-8-10-20(11-9-19)26-29-21-5-3-4-6-22(21)33-26/h3-12,16-17,25,27H,13-15H2,1-2H3,(H,28,30)(H,31,32)/t25-/m0/s1. The number of benzene rings is 2. The van der Waals surface area contributed by atoms with Crippen LogP contribution < -0.4 is 10.6 Å². The van der Waals surface area contributed by atoms with Gasteiger partial charge in [0.25, 0.3) is 0 Å². The summed E-state index contributed by atoms with van der Waals surface area (Å²) in [6.07, 6.45) is 1.94. The van der Waals surface area contributed by atoms with Gasteiger partial charge < -0.3 is 15.7 Å². The van der Waals surface area contributed by atoms with E-state index in [1.54, 1.807) is 11.3 Å². The molecule has 0 amide bonds. The van der Waals surface area contributed by atoms with Gasteiger partial charge in [0, 0.05) is 24.8 Å². The average Bonchev–Trinajstić information content (AvgIpc) is 3.25. The summed E-state index contributed by atoms with van der Waals surface area (Å²) >= 11 is 1.71. The highest BCUT2D eigenvalue weighted by Gasteiger charge is 2.17. The number of pyridine rings is 1. The number of aliphatic carboxylic acids is 1. The smallest absolute Gasteiger partial charge is 0.304 e. The monoisotopic (exact) mass is 460 g/mol.